The molecule has 0 aliphatic heterocycles. The number of anilines is 1. The minimum atomic E-state index is 0.591. The molecule has 2 aromatic carbocycles. The Morgan fingerprint density at radius 2 is 1.84 bits per heavy atom. The van der Waals surface area contributed by atoms with E-state index in [0.717, 1.165) is 33.8 Å². The lowest BCUT2D eigenvalue weighted by molar-refractivity contribution is 0.881. The van der Waals surface area contributed by atoms with Crippen LogP contribution in [0.2, 0.25) is 0 Å². The molecular formula is C23H20N8. The van der Waals surface area contributed by atoms with Gasteiger partial charge in [0.2, 0.25) is 5.82 Å². The van der Waals surface area contributed by atoms with Crippen molar-refractivity contribution in [3.63, 3.8) is 0 Å². The van der Waals surface area contributed by atoms with Gasteiger partial charge < -0.3 is 5.32 Å². The zero-order chi connectivity index (χ0) is 20.6. The molecule has 1 aliphatic rings. The second-order valence-corrected chi connectivity index (χ2v) is 7.77. The molecule has 0 saturated heterocycles. The van der Waals surface area contributed by atoms with E-state index in [1.807, 2.05) is 28.8 Å². The number of rotatable bonds is 6. The van der Waals surface area contributed by atoms with Gasteiger partial charge in [0.05, 0.1) is 6.20 Å². The van der Waals surface area contributed by atoms with Crippen molar-refractivity contribution in [2.45, 2.75) is 25.3 Å². The monoisotopic (exact) mass is 408 g/mol. The molecule has 0 unspecified atom stereocenters. The Balaban J connectivity index is 1.24. The zero-order valence-corrected chi connectivity index (χ0v) is 16.7. The Bertz CT molecular complexity index is 1330. The van der Waals surface area contributed by atoms with Crippen molar-refractivity contribution >= 4 is 11.5 Å². The number of fused-ring (bicyclic) bond motifs is 1. The van der Waals surface area contributed by atoms with E-state index in [1.54, 1.807) is 6.20 Å². The average Bonchev–Trinajstić information content (AvgIpc) is 3.31. The first-order valence-corrected chi connectivity index (χ1v) is 10.4. The Morgan fingerprint density at radius 1 is 1.00 bits per heavy atom. The molecule has 3 aromatic heterocycles. The van der Waals surface area contributed by atoms with Gasteiger partial charge >= 0.3 is 0 Å². The molecule has 5 aromatic rings. The van der Waals surface area contributed by atoms with Crippen LogP contribution in [0.1, 0.15) is 30.0 Å². The first-order chi connectivity index (χ1) is 15.3. The normalized spacial score (nSPS) is 13.5. The summed E-state index contributed by atoms with van der Waals surface area (Å²) in [6, 6.07) is 20.7. The highest BCUT2D eigenvalue weighted by molar-refractivity contribution is 5.80. The van der Waals surface area contributed by atoms with Crippen LogP contribution in [0.5, 0.6) is 0 Å². The summed E-state index contributed by atoms with van der Waals surface area (Å²) >= 11 is 0. The highest BCUT2D eigenvalue weighted by Crippen LogP contribution is 2.40. The van der Waals surface area contributed by atoms with Crippen molar-refractivity contribution in [1.82, 2.24) is 35.2 Å². The molecule has 3 heterocycles. The fraction of sp³-hybridized carbons (Fsp3) is 0.174. The van der Waals surface area contributed by atoms with Gasteiger partial charge in [0.25, 0.3) is 0 Å². The van der Waals surface area contributed by atoms with E-state index in [0.29, 0.717) is 18.3 Å². The van der Waals surface area contributed by atoms with E-state index in [-0.39, 0.29) is 0 Å². The lowest BCUT2D eigenvalue weighted by atomic mass is 9.98. The van der Waals surface area contributed by atoms with E-state index < -0.39 is 0 Å². The van der Waals surface area contributed by atoms with Crippen molar-refractivity contribution < 1.29 is 0 Å². The van der Waals surface area contributed by atoms with E-state index in [9.17, 15) is 0 Å². The first-order valence-electron chi connectivity index (χ1n) is 10.4. The Kier molecular flexibility index (Phi) is 4.19. The number of aromatic amines is 1. The Hall–Kier alpha value is -4.07. The molecule has 8 heteroatoms. The highest BCUT2D eigenvalue weighted by Gasteiger charge is 2.26. The summed E-state index contributed by atoms with van der Waals surface area (Å²) in [6.07, 6.45) is 4.24. The van der Waals surface area contributed by atoms with Gasteiger partial charge in [-0.3, -0.25) is 0 Å². The van der Waals surface area contributed by atoms with E-state index >= 15 is 0 Å². The van der Waals surface area contributed by atoms with Gasteiger partial charge in [-0.05, 0) is 34.7 Å². The molecule has 2 N–H and O–H groups in total. The van der Waals surface area contributed by atoms with E-state index in [2.05, 4.69) is 67.4 Å². The number of hydrogen-bond acceptors (Lipinski definition) is 6. The smallest absolute Gasteiger partial charge is 0.205 e. The van der Waals surface area contributed by atoms with Crippen LogP contribution < -0.4 is 5.32 Å². The maximum absolute atomic E-state index is 4.73. The summed E-state index contributed by atoms with van der Waals surface area (Å²) in [4.78, 5) is 4.73. The average molecular weight is 408 g/mol. The lowest BCUT2D eigenvalue weighted by Gasteiger charge is -2.11. The predicted octanol–water partition coefficient (Wildman–Crippen LogP) is 4.07. The standard InChI is InChI=1S/C23H20N8/c1-2-4-19(23-27-29-30-28-23)18(3-1)16-7-5-15(6-8-16)14-24-22-13-20(17-9-10-17)26-21-11-12-25-31(21)22/h1-8,11-13,17,24H,9-10,14H2,(H,27,28,29,30). The number of hydrogen-bond donors (Lipinski definition) is 2. The van der Waals surface area contributed by atoms with Crippen molar-refractivity contribution in [2.24, 2.45) is 0 Å². The SMILES string of the molecule is c1ccc(-c2nn[nH]n2)c(-c2ccc(CNc3cc(C4CC4)nc4ccnn34)cc2)c1. The number of nitrogens with zero attached hydrogens (tertiary/aromatic N) is 6. The van der Waals surface area contributed by atoms with Crippen molar-refractivity contribution in [1.29, 1.82) is 0 Å². The number of nitrogens with one attached hydrogen (secondary N) is 2. The number of aromatic nitrogens is 7. The molecule has 0 radical (unpaired) electrons. The minimum Gasteiger partial charge on any atom is -0.366 e. The summed E-state index contributed by atoms with van der Waals surface area (Å²) in [6.45, 7) is 0.704. The van der Waals surface area contributed by atoms with Gasteiger partial charge in [0.15, 0.2) is 5.65 Å². The van der Waals surface area contributed by atoms with Gasteiger partial charge in [-0.2, -0.15) is 14.8 Å². The first kappa shape index (κ1) is 17.8. The summed E-state index contributed by atoms with van der Waals surface area (Å²) in [5.41, 5.74) is 6.37. The summed E-state index contributed by atoms with van der Waals surface area (Å²) in [7, 11) is 0. The summed E-state index contributed by atoms with van der Waals surface area (Å²) < 4.78 is 1.86. The maximum atomic E-state index is 4.73. The van der Waals surface area contributed by atoms with Crippen molar-refractivity contribution in [3.05, 3.63) is 78.1 Å². The quantitative estimate of drug-likeness (QED) is 0.440. The topological polar surface area (TPSA) is 96.7 Å². The fourth-order valence-electron chi connectivity index (χ4n) is 3.85. The highest BCUT2D eigenvalue weighted by atomic mass is 15.5. The van der Waals surface area contributed by atoms with Crippen LogP contribution in [-0.4, -0.2) is 35.2 Å². The third-order valence-electron chi connectivity index (χ3n) is 5.63. The summed E-state index contributed by atoms with van der Waals surface area (Å²) in [5, 5.41) is 22.4. The molecule has 1 fully saturated rings. The van der Waals surface area contributed by atoms with Crippen LogP contribution in [0.4, 0.5) is 5.82 Å². The Labute approximate surface area is 178 Å². The fourth-order valence-corrected chi connectivity index (χ4v) is 3.85. The molecular weight excluding hydrogens is 388 g/mol. The molecule has 1 aliphatic carbocycles. The second-order valence-electron chi connectivity index (χ2n) is 7.77. The molecule has 6 rings (SSSR count). The number of H-pyrrole nitrogens is 1. The predicted molar refractivity (Wildman–Crippen MR) is 117 cm³/mol. The minimum absolute atomic E-state index is 0.591. The lowest BCUT2D eigenvalue weighted by Crippen LogP contribution is -2.07. The number of tetrazole rings is 1. The number of benzene rings is 2. The van der Waals surface area contributed by atoms with E-state index in [1.165, 1.54) is 18.4 Å². The van der Waals surface area contributed by atoms with Crippen LogP contribution in [0.15, 0.2) is 66.9 Å². The van der Waals surface area contributed by atoms with Gasteiger partial charge in [0.1, 0.15) is 5.82 Å². The van der Waals surface area contributed by atoms with Crippen LogP contribution in [0.25, 0.3) is 28.2 Å². The molecule has 152 valence electrons. The van der Waals surface area contributed by atoms with Gasteiger partial charge in [0, 0.05) is 35.9 Å². The maximum Gasteiger partial charge on any atom is 0.205 e. The van der Waals surface area contributed by atoms with Crippen LogP contribution in [0, 0.1) is 0 Å². The Morgan fingerprint density at radius 3 is 2.61 bits per heavy atom. The molecule has 8 nitrogen and oxygen atoms in total. The molecule has 0 atom stereocenters. The van der Waals surface area contributed by atoms with Crippen LogP contribution in [-0.2, 0) is 6.54 Å². The molecule has 1 saturated carbocycles. The van der Waals surface area contributed by atoms with Crippen LogP contribution in [0.3, 0.4) is 0 Å². The van der Waals surface area contributed by atoms with E-state index in [4.69, 9.17) is 4.98 Å². The van der Waals surface area contributed by atoms with Crippen molar-refractivity contribution in [2.75, 3.05) is 5.32 Å². The molecule has 0 bridgehead atoms. The summed E-state index contributed by atoms with van der Waals surface area (Å²) in [5.74, 6) is 2.16. The molecule has 31 heavy (non-hydrogen) atoms. The van der Waals surface area contributed by atoms with Gasteiger partial charge in [-0.1, -0.05) is 48.5 Å². The van der Waals surface area contributed by atoms with Crippen LogP contribution >= 0.6 is 0 Å². The largest absolute Gasteiger partial charge is 0.366 e. The molecule has 0 amide bonds. The van der Waals surface area contributed by atoms with Crippen molar-refractivity contribution in [3.8, 4) is 22.5 Å². The van der Waals surface area contributed by atoms with Gasteiger partial charge in [-0.15, -0.1) is 10.2 Å². The zero-order valence-electron chi connectivity index (χ0n) is 16.7. The second kappa shape index (κ2) is 7.32. The third kappa shape index (κ3) is 3.42. The van der Waals surface area contributed by atoms with Gasteiger partial charge in [-0.25, -0.2) is 4.98 Å². The third-order valence-corrected chi connectivity index (χ3v) is 5.63. The molecule has 0 spiro atoms.